The lowest BCUT2D eigenvalue weighted by Crippen LogP contribution is -2.12. The van der Waals surface area contributed by atoms with E-state index >= 15 is 0 Å². The Morgan fingerprint density at radius 3 is 2.94 bits per heavy atom. The molecule has 0 radical (unpaired) electrons. The van der Waals surface area contributed by atoms with Gasteiger partial charge in [0.2, 0.25) is 0 Å². The highest BCUT2D eigenvalue weighted by Gasteiger charge is 2.18. The SMILES string of the molecule is NNc1cn2ccnc2c(SC2CCCCC2)n1. The average Bonchev–Trinajstić information content (AvgIpc) is 2.88. The van der Waals surface area contributed by atoms with Gasteiger partial charge < -0.3 is 9.83 Å². The van der Waals surface area contributed by atoms with Gasteiger partial charge in [0.15, 0.2) is 11.5 Å². The molecule has 1 fully saturated rings. The third-order valence-electron chi connectivity index (χ3n) is 3.32. The minimum Gasteiger partial charge on any atom is -0.307 e. The van der Waals surface area contributed by atoms with Crippen molar-refractivity contribution in [2.75, 3.05) is 5.43 Å². The Balaban J connectivity index is 1.91. The maximum absolute atomic E-state index is 5.46. The van der Waals surface area contributed by atoms with E-state index in [-0.39, 0.29) is 0 Å². The Morgan fingerprint density at radius 2 is 2.17 bits per heavy atom. The molecule has 0 atom stereocenters. The molecule has 3 N–H and O–H groups in total. The fourth-order valence-electron chi connectivity index (χ4n) is 2.39. The molecule has 0 bridgehead atoms. The van der Waals surface area contributed by atoms with Crippen molar-refractivity contribution in [2.24, 2.45) is 5.84 Å². The van der Waals surface area contributed by atoms with Crippen LogP contribution in [0.25, 0.3) is 5.65 Å². The number of hydrogen-bond donors (Lipinski definition) is 2. The molecule has 5 nitrogen and oxygen atoms in total. The summed E-state index contributed by atoms with van der Waals surface area (Å²) in [4.78, 5) is 8.90. The highest BCUT2D eigenvalue weighted by atomic mass is 32.2. The zero-order chi connectivity index (χ0) is 12.4. The van der Waals surface area contributed by atoms with Crippen LogP contribution in [0.4, 0.5) is 5.82 Å². The first kappa shape index (κ1) is 11.8. The van der Waals surface area contributed by atoms with Crippen LogP contribution in [0, 0.1) is 0 Å². The number of nitrogens with two attached hydrogens (primary N) is 1. The molecule has 0 saturated heterocycles. The number of hydrogen-bond acceptors (Lipinski definition) is 5. The first-order valence-electron chi connectivity index (χ1n) is 6.34. The molecule has 96 valence electrons. The van der Waals surface area contributed by atoms with Gasteiger partial charge in [-0.05, 0) is 12.8 Å². The summed E-state index contributed by atoms with van der Waals surface area (Å²) in [5.74, 6) is 6.14. The van der Waals surface area contributed by atoms with Crippen LogP contribution in [0.3, 0.4) is 0 Å². The monoisotopic (exact) mass is 263 g/mol. The van der Waals surface area contributed by atoms with E-state index in [0.29, 0.717) is 11.1 Å². The molecule has 18 heavy (non-hydrogen) atoms. The normalized spacial score (nSPS) is 17.2. The van der Waals surface area contributed by atoms with Crippen LogP contribution in [0.15, 0.2) is 23.6 Å². The molecule has 0 aromatic carbocycles. The fraction of sp³-hybridized carbons (Fsp3) is 0.500. The second-order valence-corrected chi connectivity index (χ2v) is 5.90. The van der Waals surface area contributed by atoms with E-state index in [1.807, 2.05) is 28.6 Å². The molecule has 0 unspecified atom stereocenters. The number of imidazole rings is 1. The van der Waals surface area contributed by atoms with Crippen molar-refractivity contribution in [3.8, 4) is 0 Å². The number of hydrazine groups is 1. The van der Waals surface area contributed by atoms with Crippen molar-refractivity contribution >= 4 is 23.2 Å². The number of anilines is 1. The van der Waals surface area contributed by atoms with Gasteiger partial charge in [-0.1, -0.05) is 31.0 Å². The van der Waals surface area contributed by atoms with Crippen molar-refractivity contribution in [3.05, 3.63) is 18.6 Å². The second-order valence-electron chi connectivity index (χ2n) is 4.61. The van der Waals surface area contributed by atoms with E-state index in [1.54, 1.807) is 6.20 Å². The molecular weight excluding hydrogens is 246 g/mol. The summed E-state index contributed by atoms with van der Waals surface area (Å²) in [6, 6.07) is 0. The Kier molecular flexibility index (Phi) is 3.38. The Labute approximate surface area is 110 Å². The van der Waals surface area contributed by atoms with E-state index in [9.17, 15) is 0 Å². The van der Waals surface area contributed by atoms with E-state index in [4.69, 9.17) is 5.84 Å². The minimum atomic E-state index is 0.666. The Bertz CT molecular complexity index is 532. The lowest BCUT2D eigenvalue weighted by Gasteiger charge is -2.20. The molecule has 6 heteroatoms. The van der Waals surface area contributed by atoms with Crippen molar-refractivity contribution in [3.63, 3.8) is 0 Å². The largest absolute Gasteiger partial charge is 0.307 e. The maximum Gasteiger partial charge on any atom is 0.169 e. The second kappa shape index (κ2) is 5.16. The molecule has 0 amide bonds. The van der Waals surface area contributed by atoms with Gasteiger partial charge in [0.05, 0.1) is 6.20 Å². The summed E-state index contributed by atoms with van der Waals surface area (Å²) in [5, 5.41) is 1.64. The van der Waals surface area contributed by atoms with Crippen LogP contribution >= 0.6 is 11.8 Å². The van der Waals surface area contributed by atoms with Crippen molar-refractivity contribution in [2.45, 2.75) is 42.4 Å². The highest BCUT2D eigenvalue weighted by Crippen LogP contribution is 2.34. The summed E-state index contributed by atoms with van der Waals surface area (Å²) in [6.07, 6.45) is 12.2. The van der Waals surface area contributed by atoms with Gasteiger partial charge in [0, 0.05) is 17.6 Å². The van der Waals surface area contributed by atoms with Gasteiger partial charge in [-0.25, -0.2) is 15.8 Å². The highest BCUT2D eigenvalue weighted by molar-refractivity contribution is 8.00. The number of nitrogens with zero attached hydrogens (tertiary/aromatic N) is 3. The summed E-state index contributed by atoms with van der Waals surface area (Å²) in [6.45, 7) is 0. The number of rotatable bonds is 3. The molecule has 2 aromatic heterocycles. The molecule has 1 aliphatic rings. The third kappa shape index (κ3) is 2.30. The molecule has 0 aliphatic heterocycles. The molecular formula is C12H17N5S. The van der Waals surface area contributed by atoms with E-state index in [2.05, 4.69) is 15.4 Å². The van der Waals surface area contributed by atoms with Gasteiger partial charge in [0.1, 0.15) is 5.03 Å². The number of nitrogens with one attached hydrogen (secondary N) is 1. The van der Waals surface area contributed by atoms with Gasteiger partial charge >= 0.3 is 0 Å². The smallest absolute Gasteiger partial charge is 0.169 e. The Morgan fingerprint density at radius 1 is 1.33 bits per heavy atom. The Hall–Kier alpha value is -1.27. The average molecular weight is 263 g/mol. The van der Waals surface area contributed by atoms with Gasteiger partial charge in [0.25, 0.3) is 0 Å². The van der Waals surface area contributed by atoms with Crippen molar-refractivity contribution < 1.29 is 0 Å². The molecule has 2 heterocycles. The molecule has 1 aliphatic carbocycles. The van der Waals surface area contributed by atoms with Gasteiger partial charge in [-0.15, -0.1) is 0 Å². The molecule has 2 aromatic rings. The van der Waals surface area contributed by atoms with E-state index in [1.165, 1.54) is 32.1 Å². The molecule has 1 saturated carbocycles. The lowest BCUT2D eigenvalue weighted by molar-refractivity contribution is 0.516. The number of nitrogen functional groups attached to an aromatic ring is 1. The summed E-state index contributed by atoms with van der Waals surface area (Å²) in [7, 11) is 0. The van der Waals surface area contributed by atoms with Crippen LogP contribution in [0.2, 0.25) is 0 Å². The predicted molar refractivity (Wildman–Crippen MR) is 73.5 cm³/mol. The van der Waals surface area contributed by atoms with E-state index < -0.39 is 0 Å². The lowest BCUT2D eigenvalue weighted by atomic mass is 10.0. The number of fused-ring (bicyclic) bond motifs is 1. The summed E-state index contributed by atoms with van der Waals surface area (Å²) < 4.78 is 1.97. The van der Waals surface area contributed by atoms with Crippen LogP contribution in [0.1, 0.15) is 32.1 Å². The number of aromatic nitrogens is 3. The fourth-order valence-corrected chi connectivity index (χ4v) is 3.69. The molecule has 0 spiro atoms. The van der Waals surface area contributed by atoms with Crippen LogP contribution in [0.5, 0.6) is 0 Å². The topological polar surface area (TPSA) is 68.2 Å². The summed E-state index contributed by atoms with van der Waals surface area (Å²) >= 11 is 1.84. The zero-order valence-corrected chi connectivity index (χ0v) is 11.0. The van der Waals surface area contributed by atoms with Crippen LogP contribution in [-0.4, -0.2) is 19.6 Å². The maximum atomic E-state index is 5.46. The van der Waals surface area contributed by atoms with Crippen LogP contribution < -0.4 is 11.3 Å². The van der Waals surface area contributed by atoms with Crippen molar-refractivity contribution in [1.82, 2.24) is 14.4 Å². The van der Waals surface area contributed by atoms with Gasteiger partial charge in [-0.3, -0.25) is 0 Å². The van der Waals surface area contributed by atoms with Gasteiger partial charge in [-0.2, -0.15) is 0 Å². The quantitative estimate of drug-likeness (QED) is 0.657. The number of thioether (sulfide) groups is 1. The third-order valence-corrected chi connectivity index (χ3v) is 4.62. The first-order chi connectivity index (χ1) is 8.86. The minimum absolute atomic E-state index is 0.666. The van der Waals surface area contributed by atoms with E-state index in [0.717, 1.165) is 10.7 Å². The molecule has 3 rings (SSSR count). The van der Waals surface area contributed by atoms with Crippen LogP contribution in [-0.2, 0) is 0 Å². The zero-order valence-electron chi connectivity index (χ0n) is 10.2. The predicted octanol–water partition coefficient (Wildman–Crippen LogP) is 2.44. The summed E-state index contributed by atoms with van der Waals surface area (Å²) in [5.41, 5.74) is 3.53. The van der Waals surface area contributed by atoms with Crippen molar-refractivity contribution in [1.29, 1.82) is 0 Å². The standard InChI is InChI=1S/C12H17N5S/c13-16-10-8-17-7-6-14-11(17)12(15-10)18-9-4-2-1-3-5-9/h6-9,16H,1-5,13H2. The first-order valence-corrected chi connectivity index (χ1v) is 7.22.